The molecule has 0 radical (unpaired) electrons. The average molecular weight is 341 g/mol. The molecule has 0 unspecified atom stereocenters. The molecule has 1 aliphatic heterocycles. The molecule has 0 aliphatic carbocycles. The van der Waals surface area contributed by atoms with E-state index in [1.165, 1.54) is 0 Å². The largest absolute Gasteiger partial charge is 0.438 e. The Balaban J connectivity index is 2.02. The highest BCUT2D eigenvalue weighted by Crippen LogP contribution is 2.44. The number of rotatable bonds is 7. The van der Waals surface area contributed by atoms with E-state index in [9.17, 15) is 4.79 Å². The highest BCUT2D eigenvalue weighted by atomic mass is 16.7. The summed E-state index contributed by atoms with van der Waals surface area (Å²) >= 11 is 0. The van der Waals surface area contributed by atoms with Crippen LogP contribution in [0.1, 0.15) is 37.1 Å². The van der Waals surface area contributed by atoms with Crippen molar-refractivity contribution in [2.75, 3.05) is 13.2 Å². The lowest BCUT2D eigenvalue weighted by atomic mass is 9.95. The molecule has 0 N–H and O–H groups in total. The first kappa shape index (κ1) is 17.5. The zero-order valence-corrected chi connectivity index (χ0v) is 14.5. The van der Waals surface area contributed by atoms with Gasteiger partial charge in [-0.2, -0.15) is 0 Å². The fourth-order valence-electron chi connectivity index (χ4n) is 3.08. The van der Waals surface area contributed by atoms with Crippen LogP contribution in [-0.4, -0.2) is 30.6 Å². The van der Waals surface area contributed by atoms with Crippen LogP contribution < -0.4 is 0 Å². The second-order valence-corrected chi connectivity index (χ2v) is 5.70. The van der Waals surface area contributed by atoms with Gasteiger partial charge in [-0.15, -0.1) is 0 Å². The molecule has 0 spiro atoms. The van der Waals surface area contributed by atoms with E-state index in [0.717, 1.165) is 11.1 Å². The second-order valence-electron chi connectivity index (χ2n) is 5.70. The standard InChI is InChI=1S/C20H23NO4/c1-3-23-20(24-4-2)21-17(15-11-7-5-8-12-15)18(25-19(21)22)16-13-9-6-10-14-16/h5-14,17-18,20H,3-4H2,1-2H3/t17-,18+/m1/s1. The van der Waals surface area contributed by atoms with Crippen molar-refractivity contribution in [3.8, 4) is 0 Å². The number of carbonyl (C=O) groups excluding carboxylic acids is 1. The first-order chi connectivity index (χ1) is 12.3. The molecule has 5 heteroatoms. The third kappa shape index (κ3) is 3.67. The van der Waals surface area contributed by atoms with Gasteiger partial charge in [0.25, 0.3) is 0 Å². The van der Waals surface area contributed by atoms with E-state index in [2.05, 4.69) is 0 Å². The number of benzene rings is 2. The molecule has 2 aromatic carbocycles. The fraction of sp³-hybridized carbons (Fsp3) is 0.350. The predicted octanol–water partition coefficient (Wildman–Crippen LogP) is 4.28. The monoisotopic (exact) mass is 341 g/mol. The van der Waals surface area contributed by atoms with Crippen LogP contribution in [0.5, 0.6) is 0 Å². The van der Waals surface area contributed by atoms with Crippen molar-refractivity contribution >= 4 is 6.09 Å². The molecule has 0 bridgehead atoms. The molecule has 2 atom stereocenters. The quantitative estimate of drug-likeness (QED) is 0.705. The van der Waals surface area contributed by atoms with Crippen LogP contribution in [0, 0.1) is 0 Å². The van der Waals surface area contributed by atoms with Gasteiger partial charge in [0.15, 0.2) is 6.10 Å². The Morgan fingerprint density at radius 2 is 1.44 bits per heavy atom. The SMILES string of the molecule is CCOC(OCC)N1C(=O)O[C@@H](c2ccccc2)[C@H]1c1ccccc1. The molecule has 1 fully saturated rings. The molecule has 132 valence electrons. The number of cyclic esters (lactones) is 1. The molecule has 1 amide bonds. The summed E-state index contributed by atoms with van der Waals surface area (Å²) in [6.45, 7) is 4.62. The number of hydrogen-bond donors (Lipinski definition) is 0. The highest BCUT2D eigenvalue weighted by Gasteiger charge is 2.47. The van der Waals surface area contributed by atoms with E-state index >= 15 is 0 Å². The Hall–Kier alpha value is -2.37. The van der Waals surface area contributed by atoms with Crippen molar-refractivity contribution in [1.29, 1.82) is 0 Å². The Kier molecular flexibility index (Phi) is 5.68. The fourth-order valence-corrected chi connectivity index (χ4v) is 3.08. The summed E-state index contributed by atoms with van der Waals surface area (Å²) in [7, 11) is 0. The molecular formula is C20H23NO4. The summed E-state index contributed by atoms with van der Waals surface area (Å²) in [6.07, 6.45) is -1.63. The summed E-state index contributed by atoms with van der Waals surface area (Å²) in [5.74, 6) is 0. The minimum Gasteiger partial charge on any atom is -0.438 e. The van der Waals surface area contributed by atoms with Crippen molar-refractivity contribution in [1.82, 2.24) is 4.90 Å². The summed E-state index contributed by atoms with van der Waals surface area (Å²) in [6, 6.07) is 19.3. The highest BCUT2D eigenvalue weighted by molar-refractivity contribution is 5.71. The summed E-state index contributed by atoms with van der Waals surface area (Å²) in [5.41, 5.74) is 1.92. The predicted molar refractivity (Wildman–Crippen MR) is 93.7 cm³/mol. The van der Waals surface area contributed by atoms with Gasteiger partial charge in [0.2, 0.25) is 6.41 Å². The van der Waals surface area contributed by atoms with Crippen LogP contribution in [0.3, 0.4) is 0 Å². The molecule has 1 heterocycles. The summed E-state index contributed by atoms with van der Waals surface area (Å²) in [5, 5.41) is 0. The molecular weight excluding hydrogens is 318 g/mol. The van der Waals surface area contributed by atoms with E-state index in [4.69, 9.17) is 14.2 Å². The van der Waals surface area contributed by atoms with E-state index in [1.807, 2.05) is 74.5 Å². The zero-order valence-electron chi connectivity index (χ0n) is 14.5. The second kappa shape index (κ2) is 8.14. The van der Waals surface area contributed by atoms with Crippen molar-refractivity contribution < 1.29 is 19.0 Å². The van der Waals surface area contributed by atoms with Gasteiger partial charge in [0.05, 0.1) is 0 Å². The maximum absolute atomic E-state index is 12.7. The number of hydrogen-bond acceptors (Lipinski definition) is 4. The molecule has 0 saturated carbocycles. The van der Waals surface area contributed by atoms with E-state index < -0.39 is 18.6 Å². The van der Waals surface area contributed by atoms with Crippen LogP contribution in [-0.2, 0) is 14.2 Å². The molecule has 25 heavy (non-hydrogen) atoms. The molecule has 5 nitrogen and oxygen atoms in total. The van der Waals surface area contributed by atoms with E-state index in [-0.39, 0.29) is 6.04 Å². The Bertz CT molecular complexity index is 671. The zero-order chi connectivity index (χ0) is 17.6. The van der Waals surface area contributed by atoms with Crippen LogP contribution in [0.2, 0.25) is 0 Å². The van der Waals surface area contributed by atoms with Gasteiger partial charge < -0.3 is 14.2 Å². The minimum absolute atomic E-state index is 0.320. The Morgan fingerprint density at radius 3 is 1.96 bits per heavy atom. The molecule has 0 aromatic heterocycles. The Labute approximate surface area is 148 Å². The van der Waals surface area contributed by atoms with Crippen molar-refractivity contribution in [2.45, 2.75) is 32.4 Å². The first-order valence-corrected chi connectivity index (χ1v) is 8.58. The molecule has 3 rings (SSSR count). The van der Waals surface area contributed by atoms with Crippen LogP contribution in [0.15, 0.2) is 60.7 Å². The van der Waals surface area contributed by atoms with Crippen LogP contribution in [0.4, 0.5) is 4.79 Å². The molecule has 1 aliphatic rings. The lowest BCUT2D eigenvalue weighted by Gasteiger charge is -2.31. The van der Waals surface area contributed by atoms with Crippen LogP contribution >= 0.6 is 0 Å². The lowest BCUT2D eigenvalue weighted by Crippen LogP contribution is -2.42. The average Bonchev–Trinajstić information content (AvgIpc) is 3.00. The van der Waals surface area contributed by atoms with Gasteiger partial charge in [-0.05, 0) is 25.0 Å². The topological polar surface area (TPSA) is 48.0 Å². The molecule has 2 aromatic rings. The van der Waals surface area contributed by atoms with Gasteiger partial charge in [0.1, 0.15) is 6.04 Å². The van der Waals surface area contributed by atoms with Gasteiger partial charge in [-0.25, -0.2) is 9.69 Å². The van der Waals surface area contributed by atoms with Gasteiger partial charge in [-0.3, -0.25) is 0 Å². The van der Waals surface area contributed by atoms with E-state index in [0.29, 0.717) is 13.2 Å². The van der Waals surface area contributed by atoms with Gasteiger partial charge in [-0.1, -0.05) is 60.7 Å². The maximum Gasteiger partial charge on any atom is 0.415 e. The number of nitrogens with zero attached hydrogens (tertiary/aromatic N) is 1. The normalized spacial score (nSPS) is 20.1. The Morgan fingerprint density at radius 1 is 0.920 bits per heavy atom. The number of ether oxygens (including phenoxy) is 3. The third-order valence-electron chi connectivity index (χ3n) is 4.14. The minimum atomic E-state index is -0.776. The van der Waals surface area contributed by atoms with E-state index in [1.54, 1.807) is 4.90 Å². The van der Waals surface area contributed by atoms with Crippen molar-refractivity contribution in [3.63, 3.8) is 0 Å². The lowest BCUT2D eigenvalue weighted by molar-refractivity contribution is -0.210. The maximum atomic E-state index is 12.7. The summed E-state index contributed by atoms with van der Waals surface area (Å²) < 4.78 is 17.1. The van der Waals surface area contributed by atoms with Gasteiger partial charge in [0, 0.05) is 13.2 Å². The van der Waals surface area contributed by atoms with Gasteiger partial charge >= 0.3 is 6.09 Å². The van der Waals surface area contributed by atoms with Crippen LogP contribution in [0.25, 0.3) is 0 Å². The first-order valence-electron chi connectivity index (χ1n) is 8.58. The smallest absolute Gasteiger partial charge is 0.415 e. The van der Waals surface area contributed by atoms with Crippen molar-refractivity contribution in [2.24, 2.45) is 0 Å². The molecule has 1 saturated heterocycles. The number of amides is 1. The number of carbonyl (C=O) groups is 1. The summed E-state index contributed by atoms with van der Waals surface area (Å²) in [4.78, 5) is 14.2. The third-order valence-corrected chi connectivity index (χ3v) is 4.14. The van der Waals surface area contributed by atoms with Crippen molar-refractivity contribution in [3.05, 3.63) is 71.8 Å².